The van der Waals surface area contributed by atoms with Crippen molar-refractivity contribution >= 4 is 5.69 Å². The Balaban J connectivity index is 2.45. The maximum atomic E-state index is 10.7. The van der Waals surface area contributed by atoms with Gasteiger partial charge in [-0.25, -0.2) is 0 Å². The fourth-order valence-corrected chi connectivity index (χ4v) is 1.97. The number of nitro benzene ring substituents is 1. The highest BCUT2D eigenvalue weighted by atomic mass is 16.6. The summed E-state index contributed by atoms with van der Waals surface area (Å²) in [5.74, 6) is 0.360. The van der Waals surface area contributed by atoms with E-state index in [0.29, 0.717) is 38.6 Å². The van der Waals surface area contributed by atoms with Crippen molar-refractivity contribution < 1.29 is 24.2 Å². The van der Waals surface area contributed by atoms with Crippen molar-refractivity contribution in [3.05, 3.63) is 34.4 Å². The standard InChI is InChI=1S/C15H24N2O6/c1-21-8-6-16(7-9-22-2)11-14(18)12-23-15-5-3-4-13(10-15)17(19)20/h3-5,10,14,18H,6-9,11-12H2,1-2H3/t14-/m0/s1. The third-order valence-corrected chi connectivity index (χ3v) is 3.16. The SMILES string of the molecule is COCCN(CCOC)C[C@H](O)COc1cccc([N+](=O)[O-])c1. The summed E-state index contributed by atoms with van der Waals surface area (Å²) in [7, 11) is 3.24. The van der Waals surface area contributed by atoms with Gasteiger partial charge in [0.15, 0.2) is 0 Å². The summed E-state index contributed by atoms with van der Waals surface area (Å²) in [6.07, 6.45) is -0.719. The number of hydrogen-bond donors (Lipinski definition) is 1. The van der Waals surface area contributed by atoms with E-state index < -0.39 is 11.0 Å². The van der Waals surface area contributed by atoms with Gasteiger partial charge in [0.2, 0.25) is 0 Å². The molecule has 0 saturated carbocycles. The largest absolute Gasteiger partial charge is 0.491 e. The van der Waals surface area contributed by atoms with E-state index in [1.165, 1.54) is 12.1 Å². The second-order valence-electron chi connectivity index (χ2n) is 5.01. The molecule has 0 fully saturated rings. The van der Waals surface area contributed by atoms with E-state index in [-0.39, 0.29) is 12.3 Å². The fourth-order valence-electron chi connectivity index (χ4n) is 1.97. The summed E-state index contributed by atoms with van der Waals surface area (Å²) in [6.45, 7) is 2.92. The first-order valence-corrected chi connectivity index (χ1v) is 7.32. The molecule has 0 unspecified atom stereocenters. The topological polar surface area (TPSA) is 94.3 Å². The fraction of sp³-hybridized carbons (Fsp3) is 0.600. The van der Waals surface area contributed by atoms with E-state index in [1.54, 1.807) is 26.4 Å². The molecule has 130 valence electrons. The molecule has 1 aromatic rings. The molecule has 1 N–H and O–H groups in total. The molecule has 23 heavy (non-hydrogen) atoms. The van der Waals surface area contributed by atoms with Crippen LogP contribution in [0, 0.1) is 10.1 Å². The Labute approximate surface area is 135 Å². The summed E-state index contributed by atoms with van der Waals surface area (Å²) >= 11 is 0. The third kappa shape index (κ3) is 7.89. The van der Waals surface area contributed by atoms with Crippen molar-refractivity contribution in [3.8, 4) is 5.75 Å². The minimum Gasteiger partial charge on any atom is -0.491 e. The zero-order valence-electron chi connectivity index (χ0n) is 13.5. The van der Waals surface area contributed by atoms with E-state index in [9.17, 15) is 15.2 Å². The molecule has 8 heteroatoms. The molecule has 0 bridgehead atoms. The zero-order valence-corrected chi connectivity index (χ0v) is 13.5. The van der Waals surface area contributed by atoms with Gasteiger partial charge in [-0.1, -0.05) is 6.07 Å². The molecule has 0 radical (unpaired) electrons. The van der Waals surface area contributed by atoms with Gasteiger partial charge in [-0.15, -0.1) is 0 Å². The molecule has 1 aromatic carbocycles. The number of nitrogens with zero attached hydrogens (tertiary/aromatic N) is 2. The summed E-state index contributed by atoms with van der Waals surface area (Å²) in [5, 5.41) is 20.8. The second kappa shape index (κ2) is 10.9. The molecule has 0 saturated heterocycles. The van der Waals surface area contributed by atoms with E-state index >= 15 is 0 Å². The Morgan fingerprint density at radius 3 is 2.48 bits per heavy atom. The lowest BCUT2D eigenvalue weighted by molar-refractivity contribution is -0.384. The summed E-state index contributed by atoms with van der Waals surface area (Å²) in [4.78, 5) is 12.2. The highest BCUT2D eigenvalue weighted by Gasteiger charge is 2.13. The van der Waals surface area contributed by atoms with Gasteiger partial charge in [-0.3, -0.25) is 15.0 Å². The van der Waals surface area contributed by atoms with Crippen molar-refractivity contribution in [3.63, 3.8) is 0 Å². The molecule has 8 nitrogen and oxygen atoms in total. The van der Waals surface area contributed by atoms with Crippen molar-refractivity contribution in [2.45, 2.75) is 6.10 Å². The Bertz CT molecular complexity index is 463. The lowest BCUT2D eigenvalue weighted by Crippen LogP contribution is -2.39. The van der Waals surface area contributed by atoms with Crippen LogP contribution >= 0.6 is 0 Å². The van der Waals surface area contributed by atoms with Crippen molar-refractivity contribution in [1.82, 2.24) is 4.90 Å². The van der Waals surface area contributed by atoms with E-state index in [1.807, 2.05) is 4.90 Å². The Hall–Kier alpha value is -1.74. The summed E-state index contributed by atoms with van der Waals surface area (Å²) in [5.41, 5.74) is -0.0428. The Kier molecular flexibility index (Phi) is 9.15. The van der Waals surface area contributed by atoms with Crippen LogP contribution in [0.2, 0.25) is 0 Å². The van der Waals surface area contributed by atoms with Gasteiger partial charge >= 0.3 is 0 Å². The first kappa shape index (κ1) is 19.3. The number of nitro groups is 1. The quantitative estimate of drug-likeness (QED) is 0.450. The van der Waals surface area contributed by atoms with Gasteiger partial charge in [0, 0.05) is 39.9 Å². The van der Waals surface area contributed by atoms with Crippen LogP contribution in [0.5, 0.6) is 5.75 Å². The Morgan fingerprint density at radius 2 is 1.91 bits per heavy atom. The van der Waals surface area contributed by atoms with Gasteiger partial charge in [-0.05, 0) is 6.07 Å². The third-order valence-electron chi connectivity index (χ3n) is 3.16. The Morgan fingerprint density at radius 1 is 1.26 bits per heavy atom. The maximum Gasteiger partial charge on any atom is 0.273 e. The smallest absolute Gasteiger partial charge is 0.273 e. The van der Waals surface area contributed by atoms with E-state index in [2.05, 4.69) is 0 Å². The minimum atomic E-state index is -0.719. The highest BCUT2D eigenvalue weighted by Crippen LogP contribution is 2.19. The predicted molar refractivity (Wildman–Crippen MR) is 84.8 cm³/mol. The number of aliphatic hydroxyl groups is 1. The number of non-ortho nitro benzene ring substituents is 1. The molecule has 0 aliphatic rings. The molecule has 0 heterocycles. The van der Waals surface area contributed by atoms with Crippen LogP contribution in [0.1, 0.15) is 0 Å². The first-order chi connectivity index (χ1) is 11.1. The number of rotatable bonds is 12. The highest BCUT2D eigenvalue weighted by molar-refractivity contribution is 5.37. The van der Waals surface area contributed by atoms with Crippen LogP contribution in [-0.2, 0) is 9.47 Å². The molecule has 0 aromatic heterocycles. The lowest BCUT2D eigenvalue weighted by Gasteiger charge is -2.24. The van der Waals surface area contributed by atoms with Gasteiger partial charge in [0.25, 0.3) is 5.69 Å². The van der Waals surface area contributed by atoms with Crippen LogP contribution in [0.4, 0.5) is 5.69 Å². The number of ether oxygens (including phenoxy) is 3. The maximum absolute atomic E-state index is 10.7. The van der Waals surface area contributed by atoms with Crippen LogP contribution < -0.4 is 4.74 Å². The lowest BCUT2D eigenvalue weighted by atomic mass is 10.3. The van der Waals surface area contributed by atoms with Crippen molar-refractivity contribution in [2.24, 2.45) is 0 Å². The van der Waals surface area contributed by atoms with E-state index in [0.717, 1.165) is 0 Å². The molecule has 1 atom stereocenters. The molecule has 0 amide bonds. The second-order valence-corrected chi connectivity index (χ2v) is 5.01. The predicted octanol–water partition coefficient (Wildman–Crippen LogP) is 0.929. The molecule has 0 aliphatic carbocycles. The monoisotopic (exact) mass is 328 g/mol. The normalized spacial score (nSPS) is 12.3. The van der Waals surface area contributed by atoms with Gasteiger partial charge < -0.3 is 19.3 Å². The molecule has 0 aliphatic heterocycles. The van der Waals surface area contributed by atoms with Gasteiger partial charge in [0.05, 0.1) is 24.2 Å². The average Bonchev–Trinajstić information content (AvgIpc) is 2.55. The minimum absolute atomic E-state index is 0.0428. The summed E-state index contributed by atoms with van der Waals surface area (Å²) < 4.78 is 15.5. The van der Waals surface area contributed by atoms with Crippen LogP contribution in [0.15, 0.2) is 24.3 Å². The van der Waals surface area contributed by atoms with Crippen LogP contribution in [0.3, 0.4) is 0 Å². The number of hydrogen-bond acceptors (Lipinski definition) is 7. The van der Waals surface area contributed by atoms with Crippen LogP contribution in [0.25, 0.3) is 0 Å². The zero-order chi connectivity index (χ0) is 17.1. The van der Waals surface area contributed by atoms with Crippen LogP contribution in [-0.4, -0.2) is 74.7 Å². The number of benzene rings is 1. The van der Waals surface area contributed by atoms with Gasteiger partial charge in [0.1, 0.15) is 18.5 Å². The molecular formula is C15H24N2O6. The van der Waals surface area contributed by atoms with E-state index in [4.69, 9.17) is 14.2 Å². The molecular weight excluding hydrogens is 304 g/mol. The number of aliphatic hydroxyl groups excluding tert-OH is 1. The first-order valence-electron chi connectivity index (χ1n) is 7.32. The average molecular weight is 328 g/mol. The number of methoxy groups -OCH3 is 2. The van der Waals surface area contributed by atoms with Gasteiger partial charge in [-0.2, -0.15) is 0 Å². The van der Waals surface area contributed by atoms with Crippen molar-refractivity contribution in [2.75, 3.05) is 53.7 Å². The molecule has 0 spiro atoms. The summed E-state index contributed by atoms with van der Waals surface area (Å²) in [6, 6.07) is 5.89. The van der Waals surface area contributed by atoms with Crippen molar-refractivity contribution in [1.29, 1.82) is 0 Å². The molecule has 1 rings (SSSR count).